The molecular weight excluding hydrogens is 364 g/mol. The van der Waals surface area contributed by atoms with Crippen molar-refractivity contribution in [2.75, 3.05) is 19.6 Å². The van der Waals surface area contributed by atoms with E-state index in [9.17, 15) is 9.59 Å². The third-order valence-corrected chi connectivity index (χ3v) is 5.18. The molecule has 1 aromatic carbocycles. The predicted octanol–water partition coefficient (Wildman–Crippen LogP) is 2.36. The van der Waals surface area contributed by atoms with Gasteiger partial charge in [-0.1, -0.05) is 23.7 Å². The number of rotatable bonds is 6. The van der Waals surface area contributed by atoms with Gasteiger partial charge in [0.2, 0.25) is 11.8 Å². The Morgan fingerprint density at radius 1 is 1.26 bits per heavy atom. The van der Waals surface area contributed by atoms with Crippen LogP contribution < -0.4 is 5.32 Å². The molecule has 0 unspecified atom stereocenters. The van der Waals surface area contributed by atoms with E-state index < -0.39 is 0 Å². The minimum Gasteiger partial charge on any atom is -0.355 e. The van der Waals surface area contributed by atoms with Crippen LogP contribution in [0, 0.1) is 19.8 Å². The summed E-state index contributed by atoms with van der Waals surface area (Å²) in [7, 11) is 0. The highest BCUT2D eigenvalue weighted by atomic mass is 35.5. The van der Waals surface area contributed by atoms with Crippen LogP contribution in [-0.4, -0.2) is 46.1 Å². The number of carbonyl (C=O) groups excluding carboxylic acids is 2. The van der Waals surface area contributed by atoms with E-state index in [4.69, 9.17) is 11.6 Å². The van der Waals surface area contributed by atoms with Crippen molar-refractivity contribution >= 4 is 23.4 Å². The second-order valence-electron chi connectivity index (χ2n) is 7.08. The van der Waals surface area contributed by atoms with Crippen molar-refractivity contribution in [2.45, 2.75) is 33.2 Å². The fourth-order valence-electron chi connectivity index (χ4n) is 3.39. The van der Waals surface area contributed by atoms with Gasteiger partial charge in [0.25, 0.3) is 0 Å². The van der Waals surface area contributed by atoms with Crippen LogP contribution in [-0.2, 0) is 22.6 Å². The number of aromatic nitrogens is 2. The van der Waals surface area contributed by atoms with E-state index in [-0.39, 0.29) is 24.3 Å². The van der Waals surface area contributed by atoms with E-state index in [1.807, 2.05) is 44.2 Å². The van der Waals surface area contributed by atoms with Gasteiger partial charge in [0.1, 0.15) is 6.54 Å². The Balaban J connectivity index is 1.44. The molecule has 1 atom stereocenters. The van der Waals surface area contributed by atoms with Crippen molar-refractivity contribution in [1.82, 2.24) is 20.0 Å². The number of amides is 2. The topological polar surface area (TPSA) is 67.2 Å². The number of likely N-dealkylation sites (tertiary alicyclic amines) is 1. The molecule has 1 saturated heterocycles. The second-order valence-corrected chi connectivity index (χ2v) is 7.51. The third-order valence-electron chi connectivity index (χ3n) is 4.93. The monoisotopic (exact) mass is 388 g/mol. The van der Waals surface area contributed by atoms with Gasteiger partial charge in [0.05, 0.1) is 11.6 Å². The highest BCUT2D eigenvalue weighted by molar-refractivity contribution is 6.30. The van der Waals surface area contributed by atoms with Gasteiger partial charge in [-0.15, -0.1) is 0 Å². The molecule has 1 aliphatic rings. The van der Waals surface area contributed by atoms with Crippen LogP contribution in [0.2, 0.25) is 5.02 Å². The lowest BCUT2D eigenvalue weighted by atomic mass is 10.1. The molecule has 7 heteroatoms. The maximum Gasteiger partial charge on any atom is 0.244 e. The quantitative estimate of drug-likeness (QED) is 0.826. The molecule has 144 valence electrons. The summed E-state index contributed by atoms with van der Waals surface area (Å²) < 4.78 is 1.72. The van der Waals surface area contributed by atoms with E-state index in [2.05, 4.69) is 10.4 Å². The molecule has 27 heavy (non-hydrogen) atoms. The van der Waals surface area contributed by atoms with Gasteiger partial charge in [0, 0.05) is 30.4 Å². The number of carbonyl (C=O) groups is 2. The van der Waals surface area contributed by atoms with Gasteiger partial charge in [0.15, 0.2) is 0 Å². The predicted molar refractivity (Wildman–Crippen MR) is 105 cm³/mol. The molecule has 2 aromatic rings. The first kappa shape index (κ1) is 19.4. The molecule has 1 aliphatic heterocycles. The summed E-state index contributed by atoms with van der Waals surface area (Å²) in [4.78, 5) is 26.6. The van der Waals surface area contributed by atoms with Gasteiger partial charge in [-0.05, 0) is 50.5 Å². The Bertz CT molecular complexity index is 816. The Hall–Kier alpha value is -2.34. The molecule has 0 aliphatic carbocycles. The summed E-state index contributed by atoms with van der Waals surface area (Å²) in [6.45, 7) is 5.75. The Labute approximate surface area is 164 Å². The number of aryl methyl sites for hydroxylation is 2. The van der Waals surface area contributed by atoms with Crippen LogP contribution >= 0.6 is 11.6 Å². The lowest BCUT2D eigenvalue weighted by Gasteiger charge is -2.17. The van der Waals surface area contributed by atoms with Crippen LogP contribution in [0.5, 0.6) is 0 Å². The second kappa shape index (κ2) is 8.57. The molecular formula is C20H25ClN4O2. The van der Waals surface area contributed by atoms with Gasteiger partial charge < -0.3 is 10.2 Å². The molecule has 1 N–H and O–H groups in total. The maximum absolute atomic E-state index is 12.5. The zero-order valence-corrected chi connectivity index (χ0v) is 16.5. The first-order valence-corrected chi connectivity index (χ1v) is 9.61. The molecule has 0 radical (unpaired) electrons. The zero-order valence-electron chi connectivity index (χ0n) is 15.7. The summed E-state index contributed by atoms with van der Waals surface area (Å²) in [5.74, 6) is -0.109. The summed E-state index contributed by atoms with van der Waals surface area (Å²) in [6.07, 6.45) is 1.46. The van der Waals surface area contributed by atoms with E-state index in [1.54, 1.807) is 9.58 Å². The van der Waals surface area contributed by atoms with Crippen molar-refractivity contribution in [2.24, 2.45) is 5.92 Å². The summed E-state index contributed by atoms with van der Waals surface area (Å²) in [5, 5.41) is 8.02. The SMILES string of the molecule is Cc1cc(C)n(CC(=O)N2CC[C@H](C(=O)NCCc3ccc(Cl)cc3)C2)n1. The Morgan fingerprint density at radius 3 is 2.67 bits per heavy atom. The number of benzene rings is 1. The van der Waals surface area contributed by atoms with Crippen molar-refractivity contribution in [3.63, 3.8) is 0 Å². The van der Waals surface area contributed by atoms with Crippen LogP contribution in [0.25, 0.3) is 0 Å². The van der Waals surface area contributed by atoms with Crippen molar-refractivity contribution in [3.05, 3.63) is 52.3 Å². The van der Waals surface area contributed by atoms with Crippen molar-refractivity contribution in [1.29, 1.82) is 0 Å². The first-order valence-electron chi connectivity index (χ1n) is 9.23. The van der Waals surface area contributed by atoms with E-state index in [0.717, 1.165) is 23.4 Å². The van der Waals surface area contributed by atoms with Crippen molar-refractivity contribution < 1.29 is 9.59 Å². The van der Waals surface area contributed by atoms with E-state index in [1.165, 1.54) is 0 Å². The fourth-order valence-corrected chi connectivity index (χ4v) is 3.52. The highest BCUT2D eigenvalue weighted by Crippen LogP contribution is 2.17. The first-order chi connectivity index (χ1) is 12.9. The molecule has 1 aromatic heterocycles. The Kier molecular flexibility index (Phi) is 6.16. The molecule has 0 saturated carbocycles. The average molecular weight is 389 g/mol. The number of nitrogens with zero attached hydrogens (tertiary/aromatic N) is 3. The summed E-state index contributed by atoms with van der Waals surface area (Å²) >= 11 is 5.87. The average Bonchev–Trinajstić information content (AvgIpc) is 3.24. The van der Waals surface area contributed by atoms with Gasteiger partial charge >= 0.3 is 0 Å². The van der Waals surface area contributed by atoms with Gasteiger partial charge in [-0.25, -0.2) is 0 Å². The van der Waals surface area contributed by atoms with Gasteiger partial charge in [-0.2, -0.15) is 5.10 Å². The number of nitrogens with one attached hydrogen (secondary N) is 1. The maximum atomic E-state index is 12.5. The number of halogens is 1. The van der Waals surface area contributed by atoms with Crippen LogP contribution in [0.3, 0.4) is 0 Å². The molecule has 3 rings (SSSR count). The van der Waals surface area contributed by atoms with Crippen LogP contribution in [0.1, 0.15) is 23.4 Å². The fraction of sp³-hybridized carbons (Fsp3) is 0.450. The molecule has 0 spiro atoms. The molecule has 6 nitrogen and oxygen atoms in total. The largest absolute Gasteiger partial charge is 0.355 e. The Morgan fingerprint density at radius 2 is 2.00 bits per heavy atom. The standard InChI is InChI=1S/C20H25ClN4O2/c1-14-11-15(2)25(23-14)13-19(26)24-10-8-17(12-24)20(27)22-9-7-16-3-5-18(21)6-4-16/h3-6,11,17H,7-10,12-13H2,1-2H3,(H,22,27)/t17-/m0/s1. The summed E-state index contributed by atoms with van der Waals surface area (Å²) in [5.41, 5.74) is 3.00. The molecule has 1 fully saturated rings. The lowest BCUT2D eigenvalue weighted by Crippen LogP contribution is -2.36. The third kappa shape index (κ3) is 5.10. The molecule has 2 amide bonds. The highest BCUT2D eigenvalue weighted by Gasteiger charge is 2.31. The normalized spacial score (nSPS) is 16.6. The smallest absolute Gasteiger partial charge is 0.244 e. The minimum atomic E-state index is -0.139. The zero-order chi connectivity index (χ0) is 19.4. The molecule has 0 bridgehead atoms. The van der Waals surface area contributed by atoms with Gasteiger partial charge in [-0.3, -0.25) is 14.3 Å². The van der Waals surface area contributed by atoms with Crippen LogP contribution in [0.15, 0.2) is 30.3 Å². The lowest BCUT2D eigenvalue weighted by molar-refractivity contribution is -0.131. The number of hydrogen-bond donors (Lipinski definition) is 1. The minimum absolute atomic E-state index is 0.0117. The van der Waals surface area contributed by atoms with E-state index in [0.29, 0.717) is 31.1 Å². The van der Waals surface area contributed by atoms with Crippen LogP contribution in [0.4, 0.5) is 0 Å². The number of hydrogen-bond acceptors (Lipinski definition) is 3. The summed E-state index contributed by atoms with van der Waals surface area (Å²) in [6, 6.07) is 9.57. The van der Waals surface area contributed by atoms with E-state index >= 15 is 0 Å². The van der Waals surface area contributed by atoms with Crippen molar-refractivity contribution in [3.8, 4) is 0 Å². The molecule has 2 heterocycles.